The zero-order chi connectivity index (χ0) is 20.4. The molecule has 0 aliphatic rings. The standard InChI is InChI=1S/C20H19N5O3S/c1-12-5-6-14(8-13(12)2)25-18-16(10-22-25)19(27)24-20(23-18)29-11-17(26)21-9-15-4-3-7-28-15/h3-8,10H,9,11H2,1-2H3,(H,21,26)(H,23,24,27). The van der Waals surface area contributed by atoms with Gasteiger partial charge in [-0.05, 0) is 49.2 Å². The molecule has 0 unspecified atom stereocenters. The van der Waals surface area contributed by atoms with Gasteiger partial charge in [-0.25, -0.2) is 9.67 Å². The van der Waals surface area contributed by atoms with E-state index in [2.05, 4.69) is 20.4 Å². The van der Waals surface area contributed by atoms with Crippen molar-refractivity contribution >= 4 is 28.7 Å². The highest BCUT2D eigenvalue weighted by molar-refractivity contribution is 7.99. The molecule has 3 aromatic heterocycles. The van der Waals surface area contributed by atoms with Crippen LogP contribution in [0.15, 0.2) is 57.2 Å². The molecule has 1 amide bonds. The van der Waals surface area contributed by atoms with E-state index in [-0.39, 0.29) is 17.2 Å². The average Bonchev–Trinajstić information content (AvgIpc) is 3.37. The number of thioether (sulfide) groups is 1. The molecular formula is C20H19N5O3S. The molecule has 0 aliphatic heterocycles. The summed E-state index contributed by atoms with van der Waals surface area (Å²) in [7, 11) is 0. The number of benzene rings is 1. The van der Waals surface area contributed by atoms with E-state index in [9.17, 15) is 9.59 Å². The van der Waals surface area contributed by atoms with E-state index in [1.165, 1.54) is 11.8 Å². The summed E-state index contributed by atoms with van der Waals surface area (Å²) < 4.78 is 6.82. The third-order valence-electron chi connectivity index (χ3n) is 4.53. The lowest BCUT2D eigenvalue weighted by Gasteiger charge is -2.07. The van der Waals surface area contributed by atoms with Gasteiger partial charge in [0, 0.05) is 0 Å². The van der Waals surface area contributed by atoms with Crippen molar-refractivity contribution in [3.8, 4) is 5.69 Å². The lowest BCUT2D eigenvalue weighted by Crippen LogP contribution is -2.24. The third kappa shape index (κ3) is 4.09. The minimum atomic E-state index is -0.288. The number of fused-ring (bicyclic) bond motifs is 1. The van der Waals surface area contributed by atoms with Gasteiger partial charge in [-0.15, -0.1) is 0 Å². The Hall–Kier alpha value is -3.33. The Morgan fingerprint density at radius 1 is 1.28 bits per heavy atom. The summed E-state index contributed by atoms with van der Waals surface area (Å²) in [6.45, 7) is 4.37. The smallest absolute Gasteiger partial charge is 0.262 e. The van der Waals surface area contributed by atoms with Crippen molar-refractivity contribution in [2.45, 2.75) is 25.5 Å². The normalized spacial score (nSPS) is 11.1. The van der Waals surface area contributed by atoms with E-state index >= 15 is 0 Å². The quantitative estimate of drug-likeness (QED) is 0.375. The van der Waals surface area contributed by atoms with Gasteiger partial charge in [0.2, 0.25) is 5.91 Å². The average molecular weight is 409 g/mol. The lowest BCUT2D eigenvalue weighted by molar-refractivity contribution is -0.118. The Bertz CT molecular complexity index is 1230. The van der Waals surface area contributed by atoms with Crippen LogP contribution in [-0.4, -0.2) is 31.4 Å². The molecule has 0 spiro atoms. The molecule has 29 heavy (non-hydrogen) atoms. The third-order valence-corrected chi connectivity index (χ3v) is 5.40. The minimum Gasteiger partial charge on any atom is -0.467 e. The SMILES string of the molecule is Cc1ccc(-n2ncc3c(=O)[nH]c(SCC(=O)NCc4ccco4)nc32)cc1C. The van der Waals surface area contributed by atoms with Crippen LogP contribution in [-0.2, 0) is 11.3 Å². The van der Waals surface area contributed by atoms with E-state index in [0.717, 1.165) is 23.0 Å². The van der Waals surface area contributed by atoms with Crippen LogP contribution in [0.5, 0.6) is 0 Å². The largest absolute Gasteiger partial charge is 0.467 e. The Kier molecular flexibility index (Phi) is 5.22. The van der Waals surface area contributed by atoms with Gasteiger partial charge in [0.15, 0.2) is 10.8 Å². The van der Waals surface area contributed by atoms with Gasteiger partial charge in [0.25, 0.3) is 5.56 Å². The van der Waals surface area contributed by atoms with Crippen LogP contribution in [0.1, 0.15) is 16.9 Å². The van der Waals surface area contributed by atoms with Crippen LogP contribution in [0.3, 0.4) is 0 Å². The second kappa shape index (κ2) is 7.96. The minimum absolute atomic E-state index is 0.118. The van der Waals surface area contributed by atoms with Crippen LogP contribution in [0.2, 0.25) is 0 Å². The van der Waals surface area contributed by atoms with Gasteiger partial charge < -0.3 is 14.7 Å². The van der Waals surface area contributed by atoms with Crippen molar-refractivity contribution in [2.75, 3.05) is 5.75 Å². The second-order valence-corrected chi connectivity index (χ2v) is 7.54. The van der Waals surface area contributed by atoms with Crippen LogP contribution in [0.4, 0.5) is 0 Å². The molecule has 0 saturated heterocycles. The lowest BCUT2D eigenvalue weighted by atomic mass is 10.1. The predicted octanol–water partition coefficient (Wildman–Crippen LogP) is 2.73. The number of aromatic nitrogens is 4. The molecule has 2 N–H and O–H groups in total. The number of H-pyrrole nitrogens is 1. The fraction of sp³-hybridized carbons (Fsp3) is 0.200. The molecule has 148 valence electrons. The molecule has 0 atom stereocenters. The highest BCUT2D eigenvalue weighted by Crippen LogP contribution is 2.19. The maximum Gasteiger partial charge on any atom is 0.262 e. The molecule has 0 fully saturated rings. The number of hydrogen-bond acceptors (Lipinski definition) is 6. The van der Waals surface area contributed by atoms with Crippen LogP contribution in [0, 0.1) is 13.8 Å². The number of carbonyl (C=O) groups excluding carboxylic acids is 1. The first-order chi connectivity index (χ1) is 14.0. The fourth-order valence-corrected chi connectivity index (χ4v) is 3.48. The topological polar surface area (TPSA) is 106 Å². The Morgan fingerprint density at radius 2 is 2.14 bits per heavy atom. The van der Waals surface area contributed by atoms with Crippen LogP contribution >= 0.6 is 11.8 Å². The van der Waals surface area contributed by atoms with Gasteiger partial charge >= 0.3 is 0 Å². The van der Waals surface area contributed by atoms with E-state index in [1.54, 1.807) is 23.1 Å². The zero-order valence-electron chi connectivity index (χ0n) is 15.9. The van der Waals surface area contributed by atoms with Gasteiger partial charge in [-0.1, -0.05) is 17.8 Å². The Labute approximate surface area is 170 Å². The summed E-state index contributed by atoms with van der Waals surface area (Å²) in [5.41, 5.74) is 3.29. The maximum absolute atomic E-state index is 12.4. The van der Waals surface area contributed by atoms with E-state index < -0.39 is 0 Å². The Morgan fingerprint density at radius 3 is 2.90 bits per heavy atom. The number of amides is 1. The molecule has 8 nitrogen and oxygen atoms in total. The first kappa shape index (κ1) is 19.0. The summed E-state index contributed by atoms with van der Waals surface area (Å²) in [4.78, 5) is 31.7. The zero-order valence-corrected chi connectivity index (χ0v) is 16.7. The molecule has 9 heteroatoms. The monoisotopic (exact) mass is 409 g/mol. The fourth-order valence-electron chi connectivity index (χ4n) is 2.80. The molecule has 0 radical (unpaired) electrons. The van der Waals surface area contributed by atoms with E-state index in [4.69, 9.17) is 4.42 Å². The number of furan rings is 1. The molecule has 4 aromatic rings. The number of carbonyl (C=O) groups is 1. The highest BCUT2D eigenvalue weighted by atomic mass is 32.2. The summed E-state index contributed by atoms with van der Waals surface area (Å²) in [6, 6.07) is 9.49. The first-order valence-corrected chi connectivity index (χ1v) is 9.97. The molecule has 4 rings (SSSR count). The van der Waals surface area contributed by atoms with Gasteiger partial charge in [0.05, 0.1) is 30.4 Å². The van der Waals surface area contributed by atoms with Gasteiger partial charge in [-0.3, -0.25) is 9.59 Å². The van der Waals surface area contributed by atoms with Crippen molar-refractivity contribution < 1.29 is 9.21 Å². The molecule has 0 aliphatic carbocycles. The van der Waals surface area contributed by atoms with Gasteiger partial charge in [-0.2, -0.15) is 5.10 Å². The first-order valence-electron chi connectivity index (χ1n) is 8.99. The van der Waals surface area contributed by atoms with E-state index in [0.29, 0.717) is 28.5 Å². The van der Waals surface area contributed by atoms with E-state index in [1.807, 2.05) is 32.0 Å². The Balaban J connectivity index is 1.53. The van der Waals surface area contributed by atoms with Crippen molar-refractivity contribution in [1.29, 1.82) is 0 Å². The molecule has 0 bridgehead atoms. The molecule has 3 heterocycles. The van der Waals surface area contributed by atoms with Gasteiger partial charge in [0.1, 0.15) is 11.1 Å². The summed E-state index contributed by atoms with van der Waals surface area (Å²) >= 11 is 1.16. The van der Waals surface area contributed by atoms with Crippen LogP contribution in [0.25, 0.3) is 16.7 Å². The summed E-state index contributed by atoms with van der Waals surface area (Å²) in [6.07, 6.45) is 3.06. The number of hydrogen-bond donors (Lipinski definition) is 2. The van der Waals surface area contributed by atoms with Crippen molar-refractivity contribution in [3.63, 3.8) is 0 Å². The second-order valence-electron chi connectivity index (χ2n) is 6.58. The van der Waals surface area contributed by atoms with Crippen molar-refractivity contribution in [3.05, 3.63) is 70.0 Å². The van der Waals surface area contributed by atoms with Crippen molar-refractivity contribution in [1.82, 2.24) is 25.1 Å². The maximum atomic E-state index is 12.4. The predicted molar refractivity (Wildman–Crippen MR) is 110 cm³/mol. The molecule has 0 saturated carbocycles. The summed E-state index contributed by atoms with van der Waals surface area (Å²) in [5, 5.41) is 7.85. The number of aryl methyl sites for hydroxylation is 2. The number of nitrogens with zero attached hydrogens (tertiary/aromatic N) is 3. The van der Waals surface area contributed by atoms with Crippen molar-refractivity contribution in [2.24, 2.45) is 0 Å². The molecule has 1 aromatic carbocycles. The molecular weight excluding hydrogens is 390 g/mol. The number of aromatic amines is 1. The highest BCUT2D eigenvalue weighted by Gasteiger charge is 2.13. The number of nitrogens with one attached hydrogen (secondary N) is 2. The summed E-state index contributed by atoms with van der Waals surface area (Å²) in [5.74, 6) is 0.609. The van der Waals surface area contributed by atoms with Crippen LogP contribution < -0.4 is 10.9 Å². The number of rotatable bonds is 6.